The topological polar surface area (TPSA) is 82.2 Å². The highest BCUT2D eigenvalue weighted by Crippen LogP contribution is 2.33. The molecule has 1 amide bonds. The molecule has 0 saturated carbocycles. The number of amides is 1. The van der Waals surface area contributed by atoms with Crippen molar-refractivity contribution < 1.29 is 4.79 Å². The molecule has 0 aromatic heterocycles. The van der Waals surface area contributed by atoms with Crippen molar-refractivity contribution in [1.29, 1.82) is 5.26 Å². The molecule has 0 radical (unpaired) electrons. The van der Waals surface area contributed by atoms with E-state index in [-0.39, 0.29) is 12.5 Å². The lowest BCUT2D eigenvalue weighted by Crippen LogP contribution is -2.48. The van der Waals surface area contributed by atoms with Gasteiger partial charge in [0, 0.05) is 13.1 Å². The minimum atomic E-state index is -0.0763. The normalized spacial score (nSPS) is 15.8. The second-order valence-corrected chi connectivity index (χ2v) is 4.11. The number of carbonyl (C=O) groups excluding carboxylic acids is 1. The molecular formula is C11H11ClN4O. The number of piperazine rings is 1. The molecule has 3 N–H and O–H groups in total. The summed E-state index contributed by atoms with van der Waals surface area (Å²) in [6.07, 6.45) is 0. The first-order chi connectivity index (χ1) is 8.13. The summed E-state index contributed by atoms with van der Waals surface area (Å²) < 4.78 is 0. The van der Waals surface area contributed by atoms with Crippen LogP contribution in [-0.2, 0) is 4.79 Å². The van der Waals surface area contributed by atoms with Gasteiger partial charge in [0.25, 0.3) is 0 Å². The molecule has 0 spiro atoms. The number of benzene rings is 1. The third kappa shape index (κ3) is 2.18. The van der Waals surface area contributed by atoms with Crippen LogP contribution in [0, 0.1) is 11.3 Å². The molecule has 0 unspecified atom stereocenters. The van der Waals surface area contributed by atoms with Gasteiger partial charge in [0.1, 0.15) is 0 Å². The Kier molecular flexibility index (Phi) is 3.18. The van der Waals surface area contributed by atoms with Crippen LogP contribution in [0.25, 0.3) is 0 Å². The van der Waals surface area contributed by atoms with Crippen LogP contribution in [0.15, 0.2) is 12.1 Å². The van der Waals surface area contributed by atoms with Crippen molar-refractivity contribution in [2.75, 3.05) is 30.3 Å². The van der Waals surface area contributed by atoms with Crippen molar-refractivity contribution in [3.05, 3.63) is 22.7 Å². The third-order valence-corrected chi connectivity index (χ3v) is 3.00. The summed E-state index contributed by atoms with van der Waals surface area (Å²) in [4.78, 5) is 13.3. The standard InChI is InChI=1S/C11H11ClN4O/c12-11-8(14)3-7(5-13)4-9(11)16-2-1-15-6-10(16)17/h3-4,15H,1-2,6,14H2. The fourth-order valence-electron chi connectivity index (χ4n) is 1.75. The molecule has 0 aliphatic carbocycles. The summed E-state index contributed by atoms with van der Waals surface area (Å²) in [5, 5.41) is 12.2. The number of nitrogens with zero attached hydrogens (tertiary/aromatic N) is 2. The summed E-state index contributed by atoms with van der Waals surface area (Å²) in [7, 11) is 0. The van der Waals surface area contributed by atoms with Gasteiger partial charge in [-0.2, -0.15) is 5.26 Å². The van der Waals surface area contributed by atoms with Gasteiger partial charge in [-0.25, -0.2) is 0 Å². The van der Waals surface area contributed by atoms with E-state index >= 15 is 0 Å². The maximum atomic E-state index is 11.7. The van der Waals surface area contributed by atoms with Crippen molar-refractivity contribution in [1.82, 2.24) is 5.32 Å². The summed E-state index contributed by atoms with van der Waals surface area (Å²) >= 11 is 6.07. The Labute approximate surface area is 104 Å². The quantitative estimate of drug-likeness (QED) is 0.720. The van der Waals surface area contributed by atoms with Crippen molar-refractivity contribution >= 4 is 28.9 Å². The van der Waals surface area contributed by atoms with Gasteiger partial charge in [0.15, 0.2) is 0 Å². The van der Waals surface area contributed by atoms with Crippen molar-refractivity contribution in [2.45, 2.75) is 0 Å². The average Bonchev–Trinajstić information content (AvgIpc) is 2.33. The largest absolute Gasteiger partial charge is 0.397 e. The van der Waals surface area contributed by atoms with Crippen molar-refractivity contribution in [3.63, 3.8) is 0 Å². The molecule has 1 aliphatic heterocycles. The predicted molar refractivity (Wildman–Crippen MR) is 65.8 cm³/mol. The van der Waals surface area contributed by atoms with E-state index < -0.39 is 0 Å². The number of anilines is 2. The maximum absolute atomic E-state index is 11.7. The van der Waals surface area contributed by atoms with Crippen LogP contribution in [0.2, 0.25) is 5.02 Å². The Hall–Kier alpha value is -1.77. The zero-order chi connectivity index (χ0) is 12.4. The second-order valence-electron chi connectivity index (χ2n) is 3.73. The molecule has 17 heavy (non-hydrogen) atoms. The van der Waals surface area contributed by atoms with Gasteiger partial charge in [-0.05, 0) is 12.1 Å². The molecule has 0 atom stereocenters. The number of rotatable bonds is 1. The average molecular weight is 251 g/mol. The Balaban J connectivity index is 2.47. The SMILES string of the molecule is N#Cc1cc(N)c(Cl)c(N2CCNCC2=O)c1. The number of nitrogen functional groups attached to an aromatic ring is 1. The van der Waals surface area contributed by atoms with Crippen LogP contribution >= 0.6 is 11.6 Å². The summed E-state index contributed by atoms with van der Waals surface area (Å²) in [6, 6.07) is 5.08. The van der Waals surface area contributed by atoms with Gasteiger partial charge < -0.3 is 16.0 Å². The summed E-state index contributed by atoms with van der Waals surface area (Å²) in [5.74, 6) is -0.0763. The highest BCUT2D eigenvalue weighted by Gasteiger charge is 2.22. The molecule has 0 bridgehead atoms. The van der Waals surface area contributed by atoms with Gasteiger partial charge in [-0.3, -0.25) is 4.79 Å². The maximum Gasteiger partial charge on any atom is 0.241 e. The van der Waals surface area contributed by atoms with Crippen LogP contribution in [0.1, 0.15) is 5.56 Å². The molecule has 1 aliphatic rings. The lowest BCUT2D eigenvalue weighted by molar-refractivity contribution is -0.118. The van der Waals surface area contributed by atoms with Crippen LogP contribution in [0.3, 0.4) is 0 Å². The molecule has 5 nitrogen and oxygen atoms in total. The van der Waals surface area contributed by atoms with Gasteiger partial charge in [0.2, 0.25) is 5.91 Å². The molecule has 2 rings (SSSR count). The highest BCUT2D eigenvalue weighted by atomic mass is 35.5. The molecule has 1 heterocycles. The Morgan fingerprint density at radius 2 is 2.29 bits per heavy atom. The predicted octanol–water partition coefficient (Wildman–Crippen LogP) is 0.730. The van der Waals surface area contributed by atoms with E-state index in [1.807, 2.05) is 6.07 Å². The monoisotopic (exact) mass is 250 g/mol. The molecule has 1 aromatic carbocycles. The van der Waals surface area contributed by atoms with E-state index in [4.69, 9.17) is 22.6 Å². The van der Waals surface area contributed by atoms with Gasteiger partial charge in [0.05, 0.1) is 34.6 Å². The smallest absolute Gasteiger partial charge is 0.241 e. The van der Waals surface area contributed by atoms with Gasteiger partial charge in [-0.1, -0.05) is 11.6 Å². The van der Waals surface area contributed by atoms with E-state index in [1.54, 1.807) is 11.0 Å². The molecule has 1 fully saturated rings. The minimum Gasteiger partial charge on any atom is -0.397 e. The van der Waals surface area contributed by atoms with E-state index in [2.05, 4.69) is 5.32 Å². The number of hydrogen-bond donors (Lipinski definition) is 2. The van der Waals surface area contributed by atoms with E-state index in [1.165, 1.54) is 6.07 Å². The third-order valence-electron chi connectivity index (χ3n) is 2.59. The molecule has 1 aromatic rings. The second kappa shape index (κ2) is 4.62. The van der Waals surface area contributed by atoms with Crippen LogP contribution in [0.5, 0.6) is 0 Å². The minimum absolute atomic E-state index is 0.0763. The molecule has 88 valence electrons. The summed E-state index contributed by atoms with van der Waals surface area (Å²) in [6.45, 7) is 1.48. The van der Waals surface area contributed by atoms with Crippen molar-refractivity contribution in [3.8, 4) is 6.07 Å². The summed E-state index contributed by atoms with van der Waals surface area (Å²) in [5.41, 5.74) is 6.93. The number of hydrogen-bond acceptors (Lipinski definition) is 4. The zero-order valence-corrected chi connectivity index (χ0v) is 9.79. The fourth-order valence-corrected chi connectivity index (χ4v) is 1.96. The first kappa shape index (κ1) is 11.7. The zero-order valence-electron chi connectivity index (χ0n) is 9.03. The van der Waals surface area contributed by atoms with Crippen LogP contribution in [0.4, 0.5) is 11.4 Å². The number of nitrogens with one attached hydrogen (secondary N) is 1. The first-order valence-corrected chi connectivity index (χ1v) is 5.51. The van der Waals surface area contributed by atoms with E-state index in [9.17, 15) is 4.79 Å². The Morgan fingerprint density at radius 1 is 1.53 bits per heavy atom. The van der Waals surface area contributed by atoms with Crippen LogP contribution in [-0.4, -0.2) is 25.5 Å². The Morgan fingerprint density at radius 3 is 2.94 bits per heavy atom. The number of halogens is 1. The first-order valence-electron chi connectivity index (χ1n) is 5.13. The molecule has 6 heteroatoms. The van der Waals surface area contributed by atoms with Crippen LogP contribution < -0.4 is 16.0 Å². The number of nitrogens with two attached hydrogens (primary N) is 1. The number of nitriles is 1. The fraction of sp³-hybridized carbons (Fsp3) is 0.273. The molecular weight excluding hydrogens is 240 g/mol. The van der Waals surface area contributed by atoms with E-state index in [0.29, 0.717) is 35.1 Å². The lowest BCUT2D eigenvalue weighted by Gasteiger charge is -2.28. The number of carbonyl (C=O) groups is 1. The van der Waals surface area contributed by atoms with E-state index in [0.717, 1.165) is 0 Å². The van der Waals surface area contributed by atoms with Crippen molar-refractivity contribution in [2.24, 2.45) is 0 Å². The van der Waals surface area contributed by atoms with Gasteiger partial charge in [-0.15, -0.1) is 0 Å². The van der Waals surface area contributed by atoms with Gasteiger partial charge >= 0.3 is 0 Å². The highest BCUT2D eigenvalue weighted by molar-refractivity contribution is 6.36. The Bertz CT molecular complexity index is 509. The lowest BCUT2D eigenvalue weighted by atomic mass is 10.1. The molecule has 1 saturated heterocycles.